The second kappa shape index (κ2) is 9.51. The quantitative estimate of drug-likeness (QED) is 0.710. The second-order valence-electron chi connectivity index (χ2n) is 6.76. The van der Waals surface area contributed by atoms with E-state index in [9.17, 15) is 22.8 Å². The molecule has 1 heterocycles. The van der Waals surface area contributed by atoms with Crippen LogP contribution in [0, 0.1) is 11.7 Å². The van der Waals surface area contributed by atoms with E-state index in [1.807, 2.05) is 0 Å². The number of amides is 2. The van der Waals surface area contributed by atoms with Crippen LogP contribution in [-0.2, 0) is 16.0 Å². The fourth-order valence-electron chi connectivity index (χ4n) is 3.32. The Bertz CT molecular complexity index is 923. The summed E-state index contributed by atoms with van der Waals surface area (Å²) in [7, 11) is 1.34. The molecule has 30 heavy (non-hydrogen) atoms. The molecule has 0 bridgehead atoms. The lowest BCUT2D eigenvalue weighted by Crippen LogP contribution is -2.34. The van der Waals surface area contributed by atoms with Gasteiger partial charge in [0.2, 0.25) is 11.8 Å². The normalized spacial score (nSPS) is 16.1. The van der Waals surface area contributed by atoms with Gasteiger partial charge in [0.1, 0.15) is 5.82 Å². The summed E-state index contributed by atoms with van der Waals surface area (Å²) in [6.07, 6.45) is 0.433. The first-order valence-corrected chi connectivity index (χ1v) is 9.33. The van der Waals surface area contributed by atoms with E-state index in [2.05, 4.69) is 10.1 Å². The fourth-order valence-corrected chi connectivity index (χ4v) is 3.32. The van der Waals surface area contributed by atoms with E-state index in [1.54, 1.807) is 18.2 Å². The Morgan fingerprint density at radius 1 is 1.23 bits per heavy atom. The summed E-state index contributed by atoms with van der Waals surface area (Å²) in [6, 6.07) is 10.5. The van der Waals surface area contributed by atoms with Crippen molar-refractivity contribution < 1.29 is 32.2 Å². The lowest BCUT2D eigenvalue weighted by Gasteiger charge is -2.17. The van der Waals surface area contributed by atoms with Crippen LogP contribution in [0.25, 0.3) is 0 Å². The van der Waals surface area contributed by atoms with Crippen molar-refractivity contribution in [1.82, 2.24) is 5.32 Å². The third-order valence-electron chi connectivity index (χ3n) is 4.80. The summed E-state index contributed by atoms with van der Waals surface area (Å²) in [5.74, 6) is -1.60. The van der Waals surface area contributed by atoms with E-state index in [1.165, 1.54) is 36.3 Å². The van der Waals surface area contributed by atoms with Gasteiger partial charge in [-0.25, -0.2) is 4.39 Å². The van der Waals surface area contributed by atoms with Gasteiger partial charge in [-0.1, -0.05) is 18.2 Å². The average molecular weight is 422 g/mol. The molecule has 1 N–H and O–H groups in total. The van der Waals surface area contributed by atoms with Crippen LogP contribution in [0.3, 0.4) is 0 Å². The number of ether oxygens (including phenoxy) is 2. The third-order valence-corrected chi connectivity index (χ3v) is 4.80. The number of anilines is 1. The zero-order valence-corrected chi connectivity index (χ0v) is 16.2. The zero-order valence-electron chi connectivity index (χ0n) is 16.2. The molecule has 160 valence electrons. The number of halogens is 3. The molecule has 2 amide bonds. The van der Waals surface area contributed by atoms with E-state index in [4.69, 9.17) is 4.74 Å². The summed E-state index contributed by atoms with van der Waals surface area (Å²) >= 11 is 0. The number of nitrogens with zero attached hydrogens (tertiary/aromatic N) is 1. The van der Waals surface area contributed by atoms with Crippen molar-refractivity contribution in [2.24, 2.45) is 5.92 Å². The minimum absolute atomic E-state index is 0.00759. The molecule has 1 fully saturated rings. The van der Waals surface area contributed by atoms with E-state index >= 15 is 0 Å². The fraction of sp³-hybridized carbons (Fsp3) is 0.333. The van der Waals surface area contributed by atoms with Crippen LogP contribution >= 0.6 is 0 Å². The molecular formula is C21H21F3N2O4. The molecule has 0 aliphatic carbocycles. The van der Waals surface area contributed by atoms with Gasteiger partial charge in [0.15, 0.2) is 11.5 Å². The predicted molar refractivity (Wildman–Crippen MR) is 103 cm³/mol. The first-order valence-electron chi connectivity index (χ1n) is 9.33. The third kappa shape index (κ3) is 5.03. The van der Waals surface area contributed by atoms with Gasteiger partial charge >= 0.3 is 6.61 Å². The maximum absolute atomic E-state index is 13.9. The monoisotopic (exact) mass is 422 g/mol. The molecule has 1 aliphatic rings. The van der Waals surface area contributed by atoms with Crippen LogP contribution in [-0.4, -0.2) is 38.6 Å². The summed E-state index contributed by atoms with van der Waals surface area (Å²) in [5, 5.41) is 2.76. The van der Waals surface area contributed by atoms with Gasteiger partial charge in [0, 0.05) is 19.5 Å². The molecule has 9 heteroatoms. The largest absolute Gasteiger partial charge is 0.493 e. The maximum atomic E-state index is 13.9. The Labute approximate surface area is 171 Å². The standard InChI is InChI=1S/C21H21F3N2O4/c1-29-18-10-13(6-7-17(18)30-21(23)24)8-9-25-20(28)14-11-19(27)26(12-14)16-5-3-2-4-15(16)22/h2-7,10,14,21H,8-9,11-12H2,1H3,(H,25,28). The van der Waals surface area contributed by atoms with Crippen molar-refractivity contribution in [3.8, 4) is 11.5 Å². The first-order chi connectivity index (χ1) is 14.4. The smallest absolute Gasteiger partial charge is 0.387 e. The highest BCUT2D eigenvalue weighted by molar-refractivity contribution is 6.00. The van der Waals surface area contributed by atoms with Crippen LogP contribution in [0.2, 0.25) is 0 Å². The summed E-state index contributed by atoms with van der Waals surface area (Å²) < 4.78 is 48.1. The Morgan fingerprint density at radius 2 is 2.00 bits per heavy atom. The van der Waals surface area contributed by atoms with Crippen LogP contribution in [0.4, 0.5) is 18.9 Å². The van der Waals surface area contributed by atoms with Gasteiger partial charge in [-0.3, -0.25) is 9.59 Å². The van der Waals surface area contributed by atoms with Crippen LogP contribution < -0.4 is 19.7 Å². The highest BCUT2D eigenvalue weighted by atomic mass is 19.3. The molecule has 0 radical (unpaired) electrons. The molecule has 3 rings (SSSR count). The Kier molecular flexibility index (Phi) is 6.81. The van der Waals surface area contributed by atoms with Gasteiger partial charge < -0.3 is 19.7 Å². The van der Waals surface area contributed by atoms with Crippen molar-refractivity contribution in [2.45, 2.75) is 19.5 Å². The van der Waals surface area contributed by atoms with Crippen molar-refractivity contribution in [1.29, 1.82) is 0 Å². The topological polar surface area (TPSA) is 67.9 Å². The van der Waals surface area contributed by atoms with E-state index in [0.717, 1.165) is 5.56 Å². The maximum Gasteiger partial charge on any atom is 0.387 e. The molecule has 1 aliphatic heterocycles. The molecule has 0 aromatic heterocycles. The molecule has 1 atom stereocenters. The first kappa shape index (κ1) is 21.5. The summed E-state index contributed by atoms with van der Waals surface area (Å²) in [5.41, 5.74) is 0.917. The Hall–Kier alpha value is -3.23. The molecule has 1 unspecified atom stereocenters. The molecular weight excluding hydrogens is 401 g/mol. The highest BCUT2D eigenvalue weighted by Crippen LogP contribution is 2.30. The van der Waals surface area contributed by atoms with Gasteiger partial charge in [-0.15, -0.1) is 0 Å². The van der Waals surface area contributed by atoms with Crippen LogP contribution in [0.5, 0.6) is 11.5 Å². The molecule has 1 saturated heterocycles. The molecule has 6 nitrogen and oxygen atoms in total. The SMILES string of the molecule is COc1cc(CCNC(=O)C2CC(=O)N(c3ccccc3F)C2)ccc1OC(F)F. The van der Waals surface area contributed by atoms with Crippen LogP contribution in [0.1, 0.15) is 12.0 Å². The summed E-state index contributed by atoms with van der Waals surface area (Å²) in [6.45, 7) is -2.57. The number of hydrogen-bond donors (Lipinski definition) is 1. The van der Waals surface area contributed by atoms with Gasteiger partial charge in [0.05, 0.1) is 18.7 Å². The number of hydrogen-bond acceptors (Lipinski definition) is 4. The minimum Gasteiger partial charge on any atom is -0.493 e. The van der Waals surface area contributed by atoms with Crippen LogP contribution in [0.15, 0.2) is 42.5 Å². The van der Waals surface area contributed by atoms with E-state index in [0.29, 0.717) is 6.42 Å². The molecule has 2 aromatic rings. The lowest BCUT2D eigenvalue weighted by atomic mass is 10.1. The molecule has 0 saturated carbocycles. The molecule has 2 aromatic carbocycles. The zero-order chi connectivity index (χ0) is 21.7. The number of alkyl halides is 2. The minimum atomic E-state index is -2.96. The second-order valence-corrected chi connectivity index (χ2v) is 6.76. The molecule has 0 spiro atoms. The van der Waals surface area contributed by atoms with Crippen molar-refractivity contribution in [2.75, 3.05) is 25.1 Å². The highest BCUT2D eigenvalue weighted by Gasteiger charge is 2.35. The van der Waals surface area contributed by atoms with E-state index < -0.39 is 18.3 Å². The van der Waals surface area contributed by atoms with E-state index in [-0.39, 0.29) is 48.5 Å². The number of nitrogens with one attached hydrogen (secondary N) is 1. The number of para-hydroxylation sites is 1. The van der Waals surface area contributed by atoms with Crippen molar-refractivity contribution >= 4 is 17.5 Å². The van der Waals surface area contributed by atoms with Gasteiger partial charge in [0.25, 0.3) is 0 Å². The van der Waals surface area contributed by atoms with Gasteiger partial charge in [-0.2, -0.15) is 8.78 Å². The number of methoxy groups -OCH3 is 1. The lowest BCUT2D eigenvalue weighted by molar-refractivity contribution is -0.126. The summed E-state index contributed by atoms with van der Waals surface area (Å²) in [4.78, 5) is 25.9. The van der Waals surface area contributed by atoms with Gasteiger partial charge in [-0.05, 0) is 36.2 Å². The average Bonchev–Trinajstić information content (AvgIpc) is 3.10. The Balaban J connectivity index is 1.54. The number of carbonyl (C=O) groups is 2. The number of carbonyl (C=O) groups excluding carboxylic acids is 2. The predicted octanol–water partition coefficient (Wildman–Crippen LogP) is 3.15. The Morgan fingerprint density at radius 3 is 2.70 bits per heavy atom. The number of benzene rings is 2. The van der Waals surface area contributed by atoms with Crippen molar-refractivity contribution in [3.05, 3.63) is 53.8 Å². The van der Waals surface area contributed by atoms with Crippen molar-refractivity contribution in [3.63, 3.8) is 0 Å². The number of rotatable bonds is 8.